The first-order valence-corrected chi connectivity index (χ1v) is 31.6. The molecule has 0 saturated heterocycles. The lowest BCUT2D eigenvalue weighted by Crippen LogP contribution is -2.14. The van der Waals surface area contributed by atoms with Crippen molar-refractivity contribution in [1.82, 2.24) is 0 Å². The molecule has 512 valence electrons. The third kappa shape index (κ3) is 101. The van der Waals surface area contributed by atoms with Crippen molar-refractivity contribution in [2.24, 2.45) is 5.92 Å². The predicted molar refractivity (Wildman–Crippen MR) is 387 cm³/mol. The van der Waals surface area contributed by atoms with Crippen molar-refractivity contribution in [2.75, 3.05) is 13.7 Å². The molecule has 89 heavy (non-hydrogen) atoms. The summed E-state index contributed by atoms with van der Waals surface area (Å²) < 4.78 is 19.2. The van der Waals surface area contributed by atoms with E-state index in [9.17, 15) is 33.6 Å². The number of benzene rings is 1. The third-order valence-corrected chi connectivity index (χ3v) is 11.2. The van der Waals surface area contributed by atoms with Crippen LogP contribution < -0.4 is 0 Å². The quantitative estimate of drug-likeness (QED) is 0.0324. The summed E-state index contributed by atoms with van der Waals surface area (Å²) in [6.07, 6.45) is 31.1. The van der Waals surface area contributed by atoms with Crippen molar-refractivity contribution in [3.8, 4) is 0 Å². The number of ether oxygens (including phenoxy) is 4. The van der Waals surface area contributed by atoms with Crippen LogP contribution in [0.2, 0.25) is 0 Å². The number of esters is 4. The smallest absolute Gasteiger partial charge is 0.333 e. The highest BCUT2D eigenvalue weighted by molar-refractivity contribution is 5.92. The van der Waals surface area contributed by atoms with Crippen LogP contribution in [0.3, 0.4) is 0 Å². The first-order valence-electron chi connectivity index (χ1n) is 31.6. The SMILES string of the molecule is C/C=C(\C)C(=O)OC.C/C=C(\C)C(=O)OC(C)CC.C/C=C(\C)C(=O)OCC.C/C=C(\C)C(=O)OCc1ccccc1.C/C=C(\C)C(C)=O.C/C=C(\C)C=O.CC(C)=CCC(C)C.CC/C=C(\C)C=O.CC=C(C)C.CCC=C(C)C.CCCCC=C(C)C. The van der Waals surface area contributed by atoms with Crippen molar-refractivity contribution >= 4 is 42.2 Å². The fraction of sp³-hybridized carbons (Fsp3) is 0.551. The van der Waals surface area contributed by atoms with Crippen LogP contribution in [-0.4, -0.2) is 62.1 Å². The standard InChI is InChI=1S/C12H14O2.C9H16O2.2C8H16.C7H12O2.C6H10O2.2C6H10O.C6H12.C5H8O.C5H10/c1-3-10(2)12(13)14-9-11-7-5-4-6-8-11;1-5-7(3)9(10)11-8(4)6-2;1-7(2)5-6-8(3)4;1-4-5-6-7-8(2)3;1-4-6(3)7(8)9-5-2;1-4-5(2)6(7)8-3;1-4-5(2)6(3)7;1-3-4-6(2)5-7;1-4-5-6(2)3;1-3-5(2)4-6;1-4-5(2)3/h3-8H,9H2,1-2H3;5,8H,6H2,1-4H3;5,8H,6H2,1-4H3;7H,4-6H2,1-3H3;4H,5H2,1-3H3;4H,1-3H3;4H,1-3H3;4-5H,3H2,1-2H3;5H,4H2,1-3H3;3-4H,1-2H3;4H,1-3H3/b10-3+;7-5+;;;6-4+;2*5-4+;6-4+;;5-3+;. The van der Waals surface area contributed by atoms with E-state index < -0.39 is 0 Å². The summed E-state index contributed by atoms with van der Waals surface area (Å²) in [5, 5.41) is 0. The number of rotatable bonds is 19. The summed E-state index contributed by atoms with van der Waals surface area (Å²) in [5.74, 6) is 0.0260. The molecular formula is C78H134O11. The number of Topliss-reactive ketones (excluding diaryl/α,β-unsaturated/α-hetero) is 1. The number of methoxy groups -OCH3 is 1. The molecule has 0 amide bonds. The monoisotopic (exact) mass is 1250 g/mol. The molecule has 0 N–H and O–H groups in total. The summed E-state index contributed by atoms with van der Waals surface area (Å²) in [6, 6.07) is 9.64. The van der Waals surface area contributed by atoms with Crippen molar-refractivity contribution in [3.63, 3.8) is 0 Å². The molecule has 0 aromatic heterocycles. The molecule has 1 atom stereocenters. The van der Waals surface area contributed by atoms with E-state index >= 15 is 0 Å². The Labute approximate surface area is 548 Å². The van der Waals surface area contributed by atoms with Crippen LogP contribution in [-0.2, 0) is 59.1 Å². The highest BCUT2D eigenvalue weighted by Crippen LogP contribution is 2.06. The second-order valence-corrected chi connectivity index (χ2v) is 21.3. The van der Waals surface area contributed by atoms with E-state index in [2.05, 4.69) is 117 Å². The minimum absolute atomic E-state index is 0.0254. The first kappa shape index (κ1) is 104. The molecule has 0 spiro atoms. The normalized spacial score (nSPS) is 10.8. The number of aldehydes is 2. The molecule has 0 heterocycles. The molecule has 11 nitrogen and oxygen atoms in total. The number of allylic oxidation sites excluding steroid dienone is 18. The molecule has 0 fully saturated rings. The molecule has 0 radical (unpaired) electrons. The number of ketones is 1. The van der Waals surface area contributed by atoms with E-state index in [1.807, 2.05) is 112 Å². The lowest BCUT2D eigenvalue weighted by Gasteiger charge is -2.10. The Morgan fingerprint density at radius 3 is 1.07 bits per heavy atom. The Morgan fingerprint density at radius 1 is 0.449 bits per heavy atom. The highest BCUT2D eigenvalue weighted by atomic mass is 16.5. The van der Waals surface area contributed by atoms with Crippen LogP contribution >= 0.6 is 0 Å². The van der Waals surface area contributed by atoms with Crippen LogP contribution in [0.15, 0.2) is 158 Å². The van der Waals surface area contributed by atoms with Gasteiger partial charge in [0.25, 0.3) is 0 Å². The molecule has 0 aliphatic heterocycles. The molecule has 11 heteroatoms. The van der Waals surface area contributed by atoms with E-state index in [4.69, 9.17) is 9.47 Å². The fourth-order valence-corrected chi connectivity index (χ4v) is 4.19. The molecule has 1 aromatic carbocycles. The van der Waals surface area contributed by atoms with Crippen molar-refractivity contribution in [3.05, 3.63) is 164 Å². The van der Waals surface area contributed by atoms with Crippen LogP contribution in [0.25, 0.3) is 0 Å². The van der Waals surface area contributed by atoms with Gasteiger partial charge in [0.2, 0.25) is 0 Å². The van der Waals surface area contributed by atoms with Crippen molar-refractivity contribution < 1.29 is 52.5 Å². The zero-order valence-electron chi connectivity index (χ0n) is 62.9. The molecule has 0 bridgehead atoms. The lowest BCUT2D eigenvalue weighted by molar-refractivity contribution is -0.143. The first-order chi connectivity index (χ1) is 41.5. The van der Waals surface area contributed by atoms with E-state index in [1.54, 1.807) is 92.7 Å². The van der Waals surface area contributed by atoms with E-state index in [-0.39, 0.29) is 35.8 Å². The van der Waals surface area contributed by atoms with Gasteiger partial charge in [-0.2, -0.15) is 0 Å². The van der Waals surface area contributed by atoms with Crippen molar-refractivity contribution in [2.45, 2.75) is 272 Å². The molecule has 1 rings (SSSR count). The summed E-state index contributed by atoms with van der Waals surface area (Å²) in [4.78, 5) is 73.2. The summed E-state index contributed by atoms with van der Waals surface area (Å²) in [7, 11) is 1.37. The van der Waals surface area contributed by atoms with Gasteiger partial charge in [-0.3, -0.25) is 14.4 Å². The molecule has 0 aliphatic rings. The second kappa shape index (κ2) is 79.3. The Bertz CT molecular complexity index is 2290. The van der Waals surface area contributed by atoms with Crippen LogP contribution in [0, 0.1) is 5.92 Å². The minimum atomic E-state index is -0.257. The summed E-state index contributed by atoms with van der Waals surface area (Å²) in [5.41, 5.74) is 11.7. The Balaban J connectivity index is -0.0000000976. The number of carbonyl (C=O) groups excluding carboxylic acids is 7. The molecule has 0 saturated carbocycles. The second-order valence-electron chi connectivity index (χ2n) is 21.3. The van der Waals surface area contributed by atoms with Crippen molar-refractivity contribution in [1.29, 1.82) is 0 Å². The maximum Gasteiger partial charge on any atom is 0.333 e. The summed E-state index contributed by atoms with van der Waals surface area (Å²) >= 11 is 0. The van der Waals surface area contributed by atoms with Gasteiger partial charge < -0.3 is 18.9 Å². The van der Waals surface area contributed by atoms with Gasteiger partial charge in [0.05, 0.1) is 19.8 Å². The maximum absolute atomic E-state index is 11.3. The van der Waals surface area contributed by atoms with Gasteiger partial charge >= 0.3 is 23.9 Å². The van der Waals surface area contributed by atoms with Gasteiger partial charge in [-0.25, -0.2) is 19.2 Å². The average molecular weight is 1250 g/mol. The predicted octanol–water partition coefficient (Wildman–Crippen LogP) is 22.3. The van der Waals surface area contributed by atoms with Gasteiger partial charge in [0.15, 0.2) is 5.78 Å². The van der Waals surface area contributed by atoms with Crippen LogP contribution in [0.4, 0.5) is 0 Å². The van der Waals surface area contributed by atoms with Gasteiger partial charge in [0.1, 0.15) is 19.2 Å². The van der Waals surface area contributed by atoms with Crippen LogP contribution in [0.5, 0.6) is 0 Å². The zero-order valence-corrected chi connectivity index (χ0v) is 62.9. The molecular weight excluding hydrogens is 1110 g/mol. The topological polar surface area (TPSA) is 156 Å². The number of unbranched alkanes of at least 4 members (excludes halogenated alkanes) is 2. The third-order valence-electron chi connectivity index (χ3n) is 11.2. The minimum Gasteiger partial charge on any atom is -0.466 e. The Morgan fingerprint density at radius 2 is 0.843 bits per heavy atom. The largest absolute Gasteiger partial charge is 0.466 e. The summed E-state index contributed by atoms with van der Waals surface area (Å²) in [6.45, 7) is 61.2. The van der Waals surface area contributed by atoms with E-state index in [1.165, 1.54) is 61.5 Å². The van der Waals surface area contributed by atoms with Gasteiger partial charge in [-0.05, 0) is 233 Å². The number of carbonyl (C=O) groups is 7. The number of hydrogen-bond acceptors (Lipinski definition) is 11. The Kier molecular flexibility index (Phi) is 92.6. The lowest BCUT2D eigenvalue weighted by atomic mass is 10.1. The van der Waals surface area contributed by atoms with E-state index in [0.29, 0.717) is 35.5 Å². The van der Waals surface area contributed by atoms with Gasteiger partial charge in [0, 0.05) is 22.3 Å². The molecule has 0 aliphatic carbocycles. The average Bonchev–Trinajstić information content (AvgIpc) is 3.58. The molecule has 1 aromatic rings. The number of hydrogen-bond donors (Lipinski definition) is 0. The maximum atomic E-state index is 11.3. The van der Waals surface area contributed by atoms with Gasteiger partial charge in [-0.15, -0.1) is 0 Å². The fourth-order valence-electron chi connectivity index (χ4n) is 4.19. The molecule has 1 unspecified atom stereocenters. The highest BCUT2D eigenvalue weighted by Gasteiger charge is 2.08. The van der Waals surface area contributed by atoms with Crippen LogP contribution in [0.1, 0.15) is 265 Å². The van der Waals surface area contributed by atoms with E-state index in [0.717, 1.165) is 53.6 Å². The Hall–Kier alpha value is -6.75. The van der Waals surface area contributed by atoms with Gasteiger partial charge in [-0.1, -0.05) is 174 Å². The zero-order chi connectivity index (χ0) is 71.9.